The number of furan rings is 1. The van der Waals surface area contributed by atoms with E-state index in [2.05, 4.69) is 5.32 Å². The predicted octanol–water partition coefficient (Wildman–Crippen LogP) is 1.43. The van der Waals surface area contributed by atoms with Crippen LogP contribution in [0.4, 0.5) is 0 Å². The van der Waals surface area contributed by atoms with E-state index in [0.717, 1.165) is 11.8 Å². The molecule has 0 unspecified atom stereocenters. The number of carbonyl (C=O) groups is 1. The van der Waals surface area contributed by atoms with Crippen molar-refractivity contribution in [2.45, 2.75) is 18.9 Å². The molecule has 1 aliphatic heterocycles. The number of piperidine rings is 1. The fourth-order valence-electron chi connectivity index (χ4n) is 2.92. The maximum absolute atomic E-state index is 12.5. The maximum atomic E-state index is 12.5. The second kappa shape index (κ2) is 6.54. The molecule has 0 bridgehead atoms. The van der Waals surface area contributed by atoms with Crippen LogP contribution in [-0.2, 0) is 10.2 Å². The largest absolute Gasteiger partial charge is 0.463 e. The van der Waals surface area contributed by atoms with Crippen LogP contribution in [0.1, 0.15) is 23.2 Å². The molecule has 0 aliphatic carbocycles. The second-order valence-corrected chi connectivity index (χ2v) is 8.25. The molecule has 7 nitrogen and oxygen atoms in total. The van der Waals surface area contributed by atoms with Crippen LogP contribution >= 0.6 is 0 Å². The van der Waals surface area contributed by atoms with Crippen molar-refractivity contribution in [3.8, 4) is 0 Å². The van der Waals surface area contributed by atoms with E-state index in [1.165, 1.54) is 29.0 Å². The normalized spacial score (nSPS) is 19.7. The summed E-state index contributed by atoms with van der Waals surface area (Å²) in [5.41, 5.74) is 1.13. The maximum Gasteiger partial charge on any atom is 0.281 e. The van der Waals surface area contributed by atoms with Gasteiger partial charge in [0.15, 0.2) is 0 Å². The predicted molar refractivity (Wildman–Crippen MR) is 90.9 cm³/mol. The third-order valence-corrected chi connectivity index (χ3v) is 6.14. The molecule has 0 spiro atoms. The number of benzene rings is 1. The Balaban J connectivity index is 1.73. The van der Waals surface area contributed by atoms with Gasteiger partial charge in [-0.25, -0.2) is 0 Å². The SMILES string of the molecule is CN(C)S(=O)(=O)N1CCC[C@@H](NC(=O)c2coc3ccccc23)C1. The first-order valence-electron chi connectivity index (χ1n) is 7.84. The van der Waals surface area contributed by atoms with Gasteiger partial charge in [0, 0.05) is 38.6 Å². The van der Waals surface area contributed by atoms with E-state index in [9.17, 15) is 13.2 Å². The van der Waals surface area contributed by atoms with E-state index in [1.54, 1.807) is 6.07 Å². The van der Waals surface area contributed by atoms with Gasteiger partial charge in [-0.15, -0.1) is 0 Å². The highest BCUT2D eigenvalue weighted by Crippen LogP contribution is 2.21. The van der Waals surface area contributed by atoms with Crippen LogP contribution in [0.2, 0.25) is 0 Å². The Labute approximate surface area is 141 Å². The fraction of sp³-hybridized carbons (Fsp3) is 0.438. The molecule has 1 fully saturated rings. The number of para-hydroxylation sites is 1. The quantitative estimate of drug-likeness (QED) is 0.903. The molecule has 1 aromatic carbocycles. The van der Waals surface area contributed by atoms with Gasteiger partial charge in [-0.1, -0.05) is 18.2 Å². The van der Waals surface area contributed by atoms with Crippen LogP contribution in [0, 0.1) is 0 Å². The lowest BCUT2D eigenvalue weighted by Crippen LogP contribution is -2.52. The van der Waals surface area contributed by atoms with Crippen LogP contribution in [0.3, 0.4) is 0 Å². The summed E-state index contributed by atoms with van der Waals surface area (Å²) in [6.45, 7) is 0.754. The van der Waals surface area contributed by atoms with Gasteiger partial charge >= 0.3 is 0 Å². The summed E-state index contributed by atoms with van der Waals surface area (Å²) in [6, 6.07) is 7.11. The van der Waals surface area contributed by atoms with Crippen LogP contribution in [0.15, 0.2) is 34.9 Å². The first kappa shape index (κ1) is 16.9. The molecule has 1 amide bonds. The number of nitrogens with zero attached hydrogens (tertiary/aromatic N) is 2. The first-order valence-corrected chi connectivity index (χ1v) is 9.24. The number of hydrogen-bond donors (Lipinski definition) is 1. The van der Waals surface area contributed by atoms with Gasteiger partial charge in [0.2, 0.25) is 0 Å². The van der Waals surface area contributed by atoms with Crippen LogP contribution in [0.25, 0.3) is 11.0 Å². The van der Waals surface area contributed by atoms with Crippen molar-refractivity contribution in [2.24, 2.45) is 0 Å². The molecular formula is C16H21N3O4S. The van der Waals surface area contributed by atoms with Gasteiger partial charge < -0.3 is 9.73 Å². The third-order valence-electron chi connectivity index (χ3n) is 4.23. The molecule has 1 aliphatic rings. The zero-order valence-electron chi connectivity index (χ0n) is 13.7. The zero-order valence-corrected chi connectivity index (χ0v) is 14.5. The molecule has 2 aromatic rings. The van der Waals surface area contributed by atoms with E-state index in [4.69, 9.17) is 4.42 Å². The van der Waals surface area contributed by atoms with Crippen LogP contribution < -0.4 is 5.32 Å². The minimum Gasteiger partial charge on any atom is -0.463 e. The Morgan fingerprint density at radius 3 is 2.83 bits per heavy atom. The second-order valence-electron chi connectivity index (χ2n) is 6.11. The Kier molecular flexibility index (Phi) is 4.62. The van der Waals surface area contributed by atoms with Crippen molar-refractivity contribution in [1.29, 1.82) is 0 Å². The monoisotopic (exact) mass is 351 g/mol. The van der Waals surface area contributed by atoms with Crippen molar-refractivity contribution in [3.05, 3.63) is 36.1 Å². The van der Waals surface area contributed by atoms with Crippen LogP contribution in [0.5, 0.6) is 0 Å². The molecule has 1 atom stereocenters. The van der Waals surface area contributed by atoms with Gasteiger partial charge in [-0.05, 0) is 18.9 Å². The van der Waals surface area contributed by atoms with Crippen LogP contribution in [-0.4, -0.2) is 56.2 Å². The highest BCUT2D eigenvalue weighted by Gasteiger charge is 2.31. The minimum atomic E-state index is -3.46. The highest BCUT2D eigenvalue weighted by molar-refractivity contribution is 7.86. The number of hydrogen-bond acceptors (Lipinski definition) is 4. The molecule has 1 saturated heterocycles. The standard InChI is InChI=1S/C16H21N3O4S/c1-18(2)24(21,22)19-9-5-6-12(10-19)17-16(20)14-11-23-15-8-4-3-7-13(14)15/h3-4,7-8,11-12H,5-6,9-10H2,1-2H3,(H,17,20)/t12-/m1/s1. The van der Waals surface area contributed by atoms with Gasteiger partial charge in [-0.2, -0.15) is 17.0 Å². The number of carbonyl (C=O) groups excluding carboxylic acids is 1. The highest BCUT2D eigenvalue weighted by atomic mass is 32.2. The van der Waals surface area contributed by atoms with Crippen molar-refractivity contribution in [3.63, 3.8) is 0 Å². The minimum absolute atomic E-state index is 0.213. The first-order chi connectivity index (χ1) is 11.4. The van der Waals surface area contributed by atoms with Gasteiger partial charge in [-0.3, -0.25) is 4.79 Å². The number of nitrogens with one attached hydrogen (secondary N) is 1. The van der Waals surface area contributed by atoms with Gasteiger partial charge in [0.1, 0.15) is 11.8 Å². The number of amides is 1. The summed E-state index contributed by atoms with van der Waals surface area (Å²) in [5, 5.41) is 3.68. The average molecular weight is 351 g/mol. The lowest BCUT2D eigenvalue weighted by molar-refractivity contribution is 0.0921. The summed E-state index contributed by atoms with van der Waals surface area (Å²) in [6.07, 6.45) is 2.91. The number of fused-ring (bicyclic) bond motifs is 1. The van der Waals surface area contributed by atoms with Crippen molar-refractivity contribution in [1.82, 2.24) is 13.9 Å². The molecule has 1 N–H and O–H groups in total. The Morgan fingerprint density at radius 2 is 2.08 bits per heavy atom. The summed E-state index contributed by atoms with van der Waals surface area (Å²) in [7, 11) is -0.442. The van der Waals surface area contributed by atoms with E-state index in [-0.39, 0.29) is 18.5 Å². The average Bonchev–Trinajstić information content (AvgIpc) is 2.99. The summed E-state index contributed by atoms with van der Waals surface area (Å²) in [5.74, 6) is -0.242. The molecule has 8 heteroatoms. The molecule has 1 aromatic heterocycles. The Bertz CT molecular complexity index is 844. The Morgan fingerprint density at radius 1 is 1.33 bits per heavy atom. The molecule has 3 rings (SSSR count). The molecule has 0 radical (unpaired) electrons. The van der Waals surface area contributed by atoms with E-state index >= 15 is 0 Å². The molecule has 24 heavy (non-hydrogen) atoms. The Hall–Kier alpha value is -1.90. The topological polar surface area (TPSA) is 82.9 Å². The smallest absolute Gasteiger partial charge is 0.281 e. The fourth-order valence-corrected chi connectivity index (χ4v) is 4.11. The van der Waals surface area contributed by atoms with Crippen molar-refractivity contribution >= 4 is 27.1 Å². The molecule has 0 saturated carbocycles. The summed E-state index contributed by atoms with van der Waals surface area (Å²) >= 11 is 0. The molecular weight excluding hydrogens is 330 g/mol. The molecule has 130 valence electrons. The van der Waals surface area contributed by atoms with E-state index in [0.29, 0.717) is 24.1 Å². The number of rotatable bonds is 4. The van der Waals surface area contributed by atoms with Gasteiger partial charge in [0.05, 0.1) is 5.56 Å². The lowest BCUT2D eigenvalue weighted by atomic mass is 10.1. The van der Waals surface area contributed by atoms with E-state index < -0.39 is 10.2 Å². The summed E-state index contributed by atoms with van der Waals surface area (Å²) in [4.78, 5) is 12.5. The van der Waals surface area contributed by atoms with E-state index in [1.807, 2.05) is 18.2 Å². The third kappa shape index (κ3) is 3.17. The molecule has 2 heterocycles. The van der Waals surface area contributed by atoms with Crippen molar-refractivity contribution < 1.29 is 17.6 Å². The van der Waals surface area contributed by atoms with Gasteiger partial charge in [0.25, 0.3) is 16.1 Å². The summed E-state index contributed by atoms with van der Waals surface area (Å²) < 4.78 is 32.5. The zero-order chi connectivity index (χ0) is 17.3. The lowest BCUT2D eigenvalue weighted by Gasteiger charge is -2.33. The van der Waals surface area contributed by atoms with Crippen molar-refractivity contribution in [2.75, 3.05) is 27.2 Å².